The van der Waals surface area contributed by atoms with E-state index in [9.17, 15) is 0 Å². The number of hydrogen-bond donors (Lipinski definition) is 0. The summed E-state index contributed by atoms with van der Waals surface area (Å²) in [6.07, 6.45) is 10.6. The molecule has 0 aromatic heterocycles. The molecule has 2 atom stereocenters. The summed E-state index contributed by atoms with van der Waals surface area (Å²) >= 11 is 0. The zero-order valence-corrected chi connectivity index (χ0v) is 15.6. The minimum atomic E-state index is 0. The topological polar surface area (TPSA) is 9.23 Å². The van der Waals surface area contributed by atoms with Crippen LogP contribution in [0.5, 0.6) is 0 Å². The Bertz CT molecular complexity index is 134. The quantitative estimate of drug-likeness (QED) is 0.462. The summed E-state index contributed by atoms with van der Waals surface area (Å²) in [7, 11) is 0. The molecule has 0 aliphatic rings. The van der Waals surface area contributed by atoms with Crippen LogP contribution >= 0.6 is 0 Å². The second kappa shape index (κ2) is 15.9. The molecule has 0 aromatic carbocycles. The van der Waals surface area contributed by atoms with Crippen molar-refractivity contribution in [2.45, 2.75) is 79.1 Å². The first-order valence-electron chi connectivity index (χ1n) is 7.86. The van der Waals surface area contributed by atoms with Crippen molar-refractivity contribution in [3.8, 4) is 0 Å². The van der Waals surface area contributed by atoms with Crippen LogP contribution in [0.2, 0.25) is 0 Å². The van der Waals surface area contributed by atoms with E-state index < -0.39 is 0 Å². The van der Waals surface area contributed by atoms with Gasteiger partial charge in [-0.15, -0.1) is 0 Å². The number of ether oxygens (including phenoxy) is 1. The van der Waals surface area contributed by atoms with Crippen molar-refractivity contribution in [2.75, 3.05) is 13.2 Å². The summed E-state index contributed by atoms with van der Waals surface area (Å²) in [5, 5.41) is 0. The van der Waals surface area contributed by atoms with E-state index in [1.807, 2.05) is 0 Å². The third-order valence-corrected chi connectivity index (χ3v) is 3.79. The minimum Gasteiger partial charge on any atom is -0.381 e. The van der Waals surface area contributed by atoms with E-state index in [1.54, 1.807) is 0 Å². The first kappa shape index (κ1) is 21.1. The third kappa shape index (κ3) is 11.9. The van der Waals surface area contributed by atoms with Crippen molar-refractivity contribution in [3.05, 3.63) is 0 Å². The normalized spacial score (nSPS) is 14.0. The molecule has 0 N–H and O–H groups in total. The summed E-state index contributed by atoms with van der Waals surface area (Å²) in [5.74, 6) is 1.58. The van der Waals surface area contributed by atoms with Crippen LogP contribution in [0.1, 0.15) is 79.1 Å². The molecular weight excluding hydrogens is 299 g/mol. The Labute approximate surface area is 135 Å². The van der Waals surface area contributed by atoms with Crippen LogP contribution in [0.4, 0.5) is 0 Å². The third-order valence-electron chi connectivity index (χ3n) is 3.79. The molecule has 0 aliphatic heterocycles. The molecule has 18 heavy (non-hydrogen) atoms. The Balaban J connectivity index is 0. The van der Waals surface area contributed by atoms with Gasteiger partial charge in [0.05, 0.1) is 0 Å². The summed E-state index contributed by atoms with van der Waals surface area (Å²) in [4.78, 5) is 0. The minimum absolute atomic E-state index is 0. The standard InChI is InChI=1S/C16H34O.Zr/c1-5-9-11-15(7-3)13-17-14-16(8-4)12-10-6-2;/h15-16H,5-14H2,1-4H3;. The predicted octanol–water partition coefficient (Wildman–Crippen LogP) is 5.43. The van der Waals surface area contributed by atoms with Crippen LogP contribution in [0.25, 0.3) is 0 Å². The van der Waals surface area contributed by atoms with Gasteiger partial charge in [-0.1, -0.05) is 66.2 Å². The van der Waals surface area contributed by atoms with E-state index in [2.05, 4.69) is 27.7 Å². The van der Waals surface area contributed by atoms with Crippen LogP contribution in [0, 0.1) is 11.8 Å². The Kier molecular flexibility index (Phi) is 18.7. The van der Waals surface area contributed by atoms with Gasteiger partial charge < -0.3 is 4.74 Å². The zero-order valence-electron chi connectivity index (χ0n) is 13.1. The Morgan fingerprint density at radius 2 is 1.11 bits per heavy atom. The molecule has 0 amide bonds. The second-order valence-corrected chi connectivity index (χ2v) is 5.37. The van der Waals surface area contributed by atoms with E-state index in [4.69, 9.17) is 4.74 Å². The number of hydrogen-bond acceptors (Lipinski definition) is 1. The van der Waals surface area contributed by atoms with Gasteiger partial charge in [-0.25, -0.2) is 0 Å². The molecule has 0 bridgehead atoms. The van der Waals surface area contributed by atoms with E-state index in [0.717, 1.165) is 25.0 Å². The molecule has 0 spiro atoms. The second-order valence-electron chi connectivity index (χ2n) is 5.37. The SMILES string of the molecule is CCCCC(CC)COCC(CC)CCCC.[Zr]. The van der Waals surface area contributed by atoms with Gasteiger partial charge in [-0.3, -0.25) is 0 Å². The molecule has 0 radical (unpaired) electrons. The number of unbranched alkanes of at least 4 members (excludes halogenated alkanes) is 2. The van der Waals surface area contributed by atoms with Gasteiger partial charge in [-0.05, 0) is 24.7 Å². The molecule has 2 unspecified atom stereocenters. The average Bonchev–Trinajstić information content (AvgIpc) is 2.37. The van der Waals surface area contributed by atoms with Crippen molar-refractivity contribution in [1.29, 1.82) is 0 Å². The molecule has 2 heteroatoms. The molecule has 0 aromatic rings. The summed E-state index contributed by atoms with van der Waals surface area (Å²) in [6, 6.07) is 0. The van der Waals surface area contributed by atoms with E-state index in [-0.39, 0.29) is 26.2 Å². The van der Waals surface area contributed by atoms with Gasteiger partial charge in [0.1, 0.15) is 0 Å². The predicted molar refractivity (Wildman–Crippen MR) is 77.4 cm³/mol. The molecular formula is C16H34OZr. The molecule has 0 heterocycles. The summed E-state index contributed by atoms with van der Waals surface area (Å²) < 4.78 is 5.93. The molecule has 0 saturated carbocycles. The summed E-state index contributed by atoms with van der Waals surface area (Å²) in [5.41, 5.74) is 0. The van der Waals surface area contributed by atoms with Crippen LogP contribution in [0.3, 0.4) is 0 Å². The van der Waals surface area contributed by atoms with Crippen molar-refractivity contribution in [2.24, 2.45) is 11.8 Å². The van der Waals surface area contributed by atoms with Crippen LogP contribution in [-0.4, -0.2) is 13.2 Å². The molecule has 0 saturated heterocycles. The summed E-state index contributed by atoms with van der Waals surface area (Å²) in [6.45, 7) is 11.1. The maximum atomic E-state index is 5.93. The maximum absolute atomic E-state index is 5.93. The van der Waals surface area contributed by atoms with Gasteiger partial charge in [-0.2, -0.15) is 0 Å². The van der Waals surface area contributed by atoms with Crippen LogP contribution in [-0.2, 0) is 30.9 Å². The fraction of sp³-hybridized carbons (Fsp3) is 1.00. The fourth-order valence-electron chi connectivity index (χ4n) is 2.20. The van der Waals surface area contributed by atoms with Crippen molar-refractivity contribution < 1.29 is 30.9 Å². The molecule has 0 rings (SSSR count). The van der Waals surface area contributed by atoms with Gasteiger partial charge >= 0.3 is 0 Å². The van der Waals surface area contributed by atoms with Crippen molar-refractivity contribution in [3.63, 3.8) is 0 Å². The smallest absolute Gasteiger partial charge is 0.0494 e. The van der Waals surface area contributed by atoms with Gasteiger partial charge in [0.2, 0.25) is 0 Å². The Morgan fingerprint density at radius 1 is 0.722 bits per heavy atom. The van der Waals surface area contributed by atoms with E-state index >= 15 is 0 Å². The monoisotopic (exact) mass is 332 g/mol. The van der Waals surface area contributed by atoms with Gasteiger partial charge in [0, 0.05) is 39.4 Å². The average molecular weight is 334 g/mol. The molecule has 0 aliphatic carbocycles. The van der Waals surface area contributed by atoms with Gasteiger partial charge in [0.15, 0.2) is 0 Å². The van der Waals surface area contributed by atoms with E-state index in [1.165, 1.54) is 51.4 Å². The fourth-order valence-corrected chi connectivity index (χ4v) is 2.20. The Morgan fingerprint density at radius 3 is 1.39 bits per heavy atom. The van der Waals surface area contributed by atoms with Crippen molar-refractivity contribution in [1.82, 2.24) is 0 Å². The first-order chi connectivity index (χ1) is 8.28. The number of rotatable bonds is 12. The van der Waals surface area contributed by atoms with Gasteiger partial charge in [0.25, 0.3) is 0 Å². The van der Waals surface area contributed by atoms with Crippen LogP contribution < -0.4 is 0 Å². The molecule has 1 nitrogen and oxygen atoms in total. The molecule has 0 fully saturated rings. The van der Waals surface area contributed by atoms with Crippen LogP contribution in [0.15, 0.2) is 0 Å². The van der Waals surface area contributed by atoms with E-state index in [0.29, 0.717) is 0 Å². The Hall–Kier alpha value is 0.843. The molecule has 108 valence electrons. The zero-order chi connectivity index (χ0) is 12.9. The first-order valence-corrected chi connectivity index (χ1v) is 7.86. The van der Waals surface area contributed by atoms with Crippen molar-refractivity contribution >= 4 is 0 Å². The maximum Gasteiger partial charge on any atom is 0.0494 e. The largest absolute Gasteiger partial charge is 0.381 e.